The highest BCUT2D eigenvalue weighted by Crippen LogP contribution is 2.27. The van der Waals surface area contributed by atoms with E-state index in [0.717, 1.165) is 0 Å². The van der Waals surface area contributed by atoms with E-state index in [9.17, 15) is 8.78 Å². The second kappa shape index (κ2) is 6.24. The van der Waals surface area contributed by atoms with Crippen molar-refractivity contribution >= 4 is 11.4 Å². The van der Waals surface area contributed by atoms with Crippen LogP contribution >= 0.6 is 0 Å². The minimum absolute atomic E-state index is 0.112. The highest BCUT2D eigenvalue weighted by Gasteiger charge is 2.15. The molecule has 0 fully saturated rings. The van der Waals surface area contributed by atoms with Crippen molar-refractivity contribution in [2.45, 2.75) is 6.43 Å². The van der Waals surface area contributed by atoms with E-state index in [1.807, 2.05) is 0 Å². The fourth-order valence-electron chi connectivity index (χ4n) is 1.54. The molecule has 0 radical (unpaired) electrons. The van der Waals surface area contributed by atoms with Crippen LogP contribution < -0.4 is 15.4 Å². The lowest BCUT2D eigenvalue weighted by molar-refractivity contribution is 0.153. The van der Waals surface area contributed by atoms with Crippen molar-refractivity contribution in [3.05, 3.63) is 18.2 Å². The van der Waals surface area contributed by atoms with Crippen LogP contribution in [0.3, 0.4) is 0 Å². The minimum atomic E-state index is -2.48. The quantitative estimate of drug-likeness (QED) is 0.744. The standard InChI is InChI=1S/C11H16F2N2O2/c1-17-8-2-3-10(9(14)6-8)15(4-5-16)7-11(12)13/h2-3,6,11,16H,4-5,7,14H2,1H3. The van der Waals surface area contributed by atoms with Gasteiger partial charge in [-0.05, 0) is 12.1 Å². The molecule has 0 spiro atoms. The molecule has 3 N–H and O–H groups in total. The van der Waals surface area contributed by atoms with Crippen molar-refractivity contribution in [2.75, 3.05) is 37.4 Å². The number of anilines is 2. The third kappa shape index (κ3) is 3.74. The topological polar surface area (TPSA) is 58.7 Å². The Morgan fingerprint density at radius 1 is 1.47 bits per heavy atom. The van der Waals surface area contributed by atoms with Crippen LogP contribution in [-0.4, -0.2) is 38.3 Å². The smallest absolute Gasteiger partial charge is 0.255 e. The lowest BCUT2D eigenvalue weighted by atomic mass is 10.2. The molecule has 4 nitrogen and oxygen atoms in total. The van der Waals surface area contributed by atoms with Crippen LogP contribution in [0.15, 0.2) is 18.2 Å². The SMILES string of the molecule is COc1ccc(N(CCO)CC(F)F)c(N)c1. The molecule has 1 aromatic rings. The van der Waals surface area contributed by atoms with Crippen LogP contribution in [0.1, 0.15) is 0 Å². The minimum Gasteiger partial charge on any atom is -0.497 e. The molecule has 6 heteroatoms. The molecule has 0 aliphatic carbocycles. The first-order valence-electron chi connectivity index (χ1n) is 5.16. The van der Waals surface area contributed by atoms with Crippen LogP contribution in [0.25, 0.3) is 0 Å². The van der Waals surface area contributed by atoms with Crippen LogP contribution in [0.2, 0.25) is 0 Å². The Morgan fingerprint density at radius 3 is 2.65 bits per heavy atom. The van der Waals surface area contributed by atoms with Gasteiger partial charge in [-0.25, -0.2) is 8.78 Å². The predicted octanol–water partition coefficient (Wildman–Crippen LogP) is 1.34. The monoisotopic (exact) mass is 246 g/mol. The second-order valence-corrected chi connectivity index (χ2v) is 3.49. The molecule has 0 aliphatic heterocycles. The number of aliphatic hydroxyl groups excluding tert-OH is 1. The molecule has 0 saturated carbocycles. The number of hydrogen-bond acceptors (Lipinski definition) is 4. The molecule has 0 aromatic heterocycles. The number of nitrogens with two attached hydrogens (primary N) is 1. The van der Waals surface area contributed by atoms with Gasteiger partial charge >= 0.3 is 0 Å². The summed E-state index contributed by atoms with van der Waals surface area (Å²) >= 11 is 0. The van der Waals surface area contributed by atoms with E-state index in [-0.39, 0.29) is 13.2 Å². The molecule has 1 rings (SSSR count). The third-order valence-corrected chi connectivity index (χ3v) is 2.30. The van der Waals surface area contributed by atoms with Gasteiger partial charge in [0.15, 0.2) is 0 Å². The average molecular weight is 246 g/mol. The Morgan fingerprint density at radius 2 is 2.18 bits per heavy atom. The maximum atomic E-state index is 12.4. The third-order valence-electron chi connectivity index (χ3n) is 2.30. The maximum Gasteiger partial charge on any atom is 0.255 e. The zero-order valence-electron chi connectivity index (χ0n) is 9.57. The molecular weight excluding hydrogens is 230 g/mol. The summed E-state index contributed by atoms with van der Waals surface area (Å²) in [6, 6.07) is 4.80. The molecule has 0 unspecified atom stereocenters. The van der Waals surface area contributed by atoms with E-state index in [0.29, 0.717) is 17.1 Å². The highest BCUT2D eigenvalue weighted by molar-refractivity contribution is 5.69. The van der Waals surface area contributed by atoms with Gasteiger partial charge in [0.05, 0.1) is 31.6 Å². The summed E-state index contributed by atoms with van der Waals surface area (Å²) in [6.45, 7) is -0.559. The number of nitrogen functional groups attached to an aromatic ring is 1. The van der Waals surface area contributed by atoms with Gasteiger partial charge < -0.3 is 20.5 Å². The summed E-state index contributed by atoms with van der Waals surface area (Å²) < 4.78 is 29.7. The van der Waals surface area contributed by atoms with Gasteiger partial charge in [-0.2, -0.15) is 0 Å². The summed E-state index contributed by atoms with van der Waals surface area (Å²) in [5, 5.41) is 8.85. The zero-order valence-corrected chi connectivity index (χ0v) is 9.57. The molecule has 0 amide bonds. The van der Waals surface area contributed by atoms with Crippen LogP contribution in [0.5, 0.6) is 5.75 Å². The molecule has 0 aliphatic rings. The van der Waals surface area contributed by atoms with Crippen molar-refractivity contribution < 1.29 is 18.6 Å². The molecular formula is C11H16F2N2O2. The summed E-state index contributed by atoms with van der Waals surface area (Å²) in [7, 11) is 1.50. The summed E-state index contributed by atoms with van der Waals surface area (Å²) in [5.41, 5.74) is 6.57. The van der Waals surface area contributed by atoms with E-state index in [2.05, 4.69) is 0 Å². The van der Waals surface area contributed by atoms with Gasteiger partial charge in [0.25, 0.3) is 6.43 Å². The first kappa shape index (κ1) is 13.5. The molecule has 0 heterocycles. The number of benzene rings is 1. The fraction of sp³-hybridized carbons (Fsp3) is 0.455. The molecule has 0 atom stereocenters. The molecule has 0 saturated heterocycles. The summed E-state index contributed by atoms with van der Waals surface area (Å²) in [4.78, 5) is 1.35. The summed E-state index contributed by atoms with van der Waals surface area (Å²) in [5.74, 6) is 0.562. The maximum absolute atomic E-state index is 12.4. The van der Waals surface area contributed by atoms with Gasteiger partial charge in [-0.15, -0.1) is 0 Å². The lowest BCUT2D eigenvalue weighted by Crippen LogP contribution is -2.32. The van der Waals surface area contributed by atoms with E-state index < -0.39 is 13.0 Å². The van der Waals surface area contributed by atoms with Crippen LogP contribution in [0.4, 0.5) is 20.2 Å². The van der Waals surface area contributed by atoms with Gasteiger partial charge in [-0.1, -0.05) is 0 Å². The predicted molar refractivity (Wildman–Crippen MR) is 62.7 cm³/mol. The van der Waals surface area contributed by atoms with E-state index >= 15 is 0 Å². The van der Waals surface area contributed by atoms with E-state index in [1.54, 1.807) is 18.2 Å². The van der Waals surface area contributed by atoms with Crippen molar-refractivity contribution in [1.29, 1.82) is 0 Å². The molecule has 96 valence electrons. The first-order chi connectivity index (χ1) is 8.08. The number of halogens is 2. The van der Waals surface area contributed by atoms with Gasteiger partial charge in [-0.3, -0.25) is 0 Å². The second-order valence-electron chi connectivity index (χ2n) is 3.49. The van der Waals surface area contributed by atoms with Crippen molar-refractivity contribution in [1.82, 2.24) is 0 Å². The van der Waals surface area contributed by atoms with E-state index in [1.165, 1.54) is 12.0 Å². The molecule has 0 bridgehead atoms. The Balaban J connectivity index is 2.93. The number of methoxy groups -OCH3 is 1. The first-order valence-corrected chi connectivity index (χ1v) is 5.16. The molecule has 17 heavy (non-hydrogen) atoms. The Kier molecular flexibility index (Phi) is 4.96. The Hall–Kier alpha value is -1.56. The number of alkyl halides is 2. The zero-order chi connectivity index (χ0) is 12.8. The Bertz CT molecular complexity index is 361. The lowest BCUT2D eigenvalue weighted by Gasteiger charge is -2.25. The fourth-order valence-corrected chi connectivity index (χ4v) is 1.54. The molecule has 1 aromatic carbocycles. The highest BCUT2D eigenvalue weighted by atomic mass is 19.3. The number of ether oxygens (including phenoxy) is 1. The average Bonchev–Trinajstić information content (AvgIpc) is 2.27. The van der Waals surface area contributed by atoms with Crippen molar-refractivity contribution in [3.63, 3.8) is 0 Å². The number of nitrogens with zero attached hydrogens (tertiary/aromatic N) is 1. The van der Waals surface area contributed by atoms with Crippen molar-refractivity contribution in [3.8, 4) is 5.75 Å². The van der Waals surface area contributed by atoms with Crippen LogP contribution in [-0.2, 0) is 0 Å². The van der Waals surface area contributed by atoms with Gasteiger partial charge in [0.1, 0.15) is 5.75 Å². The normalized spacial score (nSPS) is 10.6. The number of rotatable bonds is 6. The number of hydrogen-bond donors (Lipinski definition) is 2. The summed E-state index contributed by atoms with van der Waals surface area (Å²) in [6.07, 6.45) is -2.48. The van der Waals surface area contributed by atoms with Crippen molar-refractivity contribution in [2.24, 2.45) is 0 Å². The largest absolute Gasteiger partial charge is 0.497 e. The van der Waals surface area contributed by atoms with E-state index in [4.69, 9.17) is 15.6 Å². The van der Waals surface area contributed by atoms with Gasteiger partial charge in [0, 0.05) is 12.6 Å². The Labute approximate surface area is 98.6 Å². The van der Waals surface area contributed by atoms with Crippen LogP contribution in [0, 0.1) is 0 Å². The number of aliphatic hydroxyl groups is 1. The van der Waals surface area contributed by atoms with Gasteiger partial charge in [0.2, 0.25) is 0 Å².